The van der Waals surface area contributed by atoms with Gasteiger partial charge in [0.15, 0.2) is 5.13 Å². The van der Waals surface area contributed by atoms with Gasteiger partial charge in [-0.3, -0.25) is 0 Å². The molecule has 0 amide bonds. The summed E-state index contributed by atoms with van der Waals surface area (Å²) in [5.74, 6) is 0.909. The van der Waals surface area contributed by atoms with Crippen molar-refractivity contribution in [1.29, 1.82) is 0 Å². The number of methoxy groups -OCH3 is 1. The topological polar surface area (TPSA) is 34.2 Å². The van der Waals surface area contributed by atoms with Gasteiger partial charge in [-0.05, 0) is 28.9 Å². The molecular weight excluding hydrogens is 312 g/mol. The molecule has 0 spiro atoms. The molecule has 0 aliphatic rings. The largest absolute Gasteiger partial charge is 0.496 e. The van der Waals surface area contributed by atoms with Gasteiger partial charge in [0, 0.05) is 19.0 Å². The summed E-state index contributed by atoms with van der Waals surface area (Å²) in [5.41, 5.74) is 3.42. The molecular formula is C13H15BrN2OS. The lowest BCUT2D eigenvalue weighted by atomic mass is 10.1. The Bertz CT molecular complexity index is 554. The molecule has 5 heteroatoms. The highest BCUT2D eigenvalue weighted by Gasteiger charge is 2.11. The average molecular weight is 327 g/mol. The number of nitrogens with zero attached hydrogens (tertiary/aromatic N) is 1. The first kappa shape index (κ1) is 13.4. The van der Waals surface area contributed by atoms with E-state index in [2.05, 4.69) is 45.3 Å². The number of aryl methyl sites for hydroxylation is 1. The maximum atomic E-state index is 5.39. The van der Waals surface area contributed by atoms with E-state index in [-0.39, 0.29) is 0 Å². The van der Waals surface area contributed by atoms with Crippen LogP contribution < -0.4 is 10.1 Å². The second kappa shape index (κ2) is 5.71. The third-order valence-electron chi connectivity index (χ3n) is 2.66. The van der Waals surface area contributed by atoms with Crippen LogP contribution in [-0.4, -0.2) is 19.1 Å². The second-order valence-electron chi connectivity index (χ2n) is 3.98. The summed E-state index contributed by atoms with van der Waals surface area (Å²) in [6, 6.07) is 6.20. The first-order valence-corrected chi connectivity index (χ1v) is 7.21. The molecule has 0 fully saturated rings. The Labute approximate surface area is 119 Å². The Balaban J connectivity index is 2.32. The van der Waals surface area contributed by atoms with Crippen molar-refractivity contribution in [3.63, 3.8) is 0 Å². The third-order valence-corrected chi connectivity index (χ3v) is 4.50. The van der Waals surface area contributed by atoms with Crippen LogP contribution in [0.25, 0.3) is 0 Å². The summed E-state index contributed by atoms with van der Waals surface area (Å²) in [6.45, 7) is 2.08. The lowest BCUT2D eigenvalue weighted by molar-refractivity contribution is 0.410. The Morgan fingerprint density at radius 1 is 1.44 bits per heavy atom. The molecule has 0 saturated heterocycles. The van der Waals surface area contributed by atoms with Crippen LogP contribution in [0.1, 0.15) is 16.8 Å². The highest BCUT2D eigenvalue weighted by atomic mass is 79.9. The fourth-order valence-electron chi connectivity index (χ4n) is 1.78. The summed E-state index contributed by atoms with van der Waals surface area (Å²) in [5, 5.41) is 3.98. The smallest absolute Gasteiger partial charge is 0.183 e. The molecule has 0 bridgehead atoms. The number of halogens is 1. The molecule has 1 aromatic heterocycles. The molecule has 2 aromatic rings. The minimum Gasteiger partial charge on any atom is -0.496 e. The van der Waals surface area contributed by atoms with Gasteiger partial charge in [-0.15, -0.1) is 0 Å². The zero-order valence-electron chi connectivity index (χ0n) is 10.6. The number of hydrogen-bond acceptors (Lipinski definition) is 4. The molecule has 1 N–H and O–H groups in total. The number of nitrogens with one attached hydrogen (secondary N) is 1. The first-order chi connectivity index (χ1) is 8.63. The second-order valence-corrected chi connectivity index (χ2v) is 6.30. The number of aromatic nitrogens is 1. The van der Waals surface area contributed by atoms with Crippen molar-refractivity contribution < 1.29 is 4.74 Å². The van der Waals surface area contributed by atoms with Crippen molar-refractivity contribution in [2.45, 2.75) is 13.3 Å². The molecule has 1 heterocycles. The molecule has 0 aliphatic heterocycles. The molecule has 3 nitrogen and oxygen atoms in total. The predicted molar refractivity (Wildman–Crippen MR) is 79.9 cm³/mol. The molecule has 0 unspecified atom stereocenters. The quantitative estimate of drug-likeness (QED) is 0.926. The zero-order valence-corrected chi connectivity index (χ0v) is 13.0. The Morgan fingerprint density at radius 2 is 2.22 bits per heavy atom. The predicted octanol–water partition coefficient (Wildman–Crippen LogP) is 3.86. The van der Waals surface area contributed by atoms with Crippen molar-refractivity contribution in [3.8, 4) is 5.75 Å². The molecule has 0 saturated carbocycles. The molecule has 0 atom stereocenters. The number of thiazole rings is 1. The maximum absolute atomic E-state index is 5.39. The van der Waals surface area contributed by atoms with Crippen LogP contribution in [0.5, 0.6) is 5.75 Å². The SMILES string of the molecule is CNc1nc(Cc2cc(C)ccc2OC)c(Br)s1. The number of benzene rings is 1. The van der Waals surface area contributed by atoms with Crippen molar-refractivity contribution >= 4 is 32.4 Å². The van der Waals surface area contributed by atoms with Gasteiger partial charge in [-0.1, -0.05) is 29.0 Å². The van der Waals surface area contributed by atoms with Gasteiger partial charge < -0.3 is 10.1 Å². The van der Waals surface area contributed by atoms with E-state index in [1.165, 1.54) is 5.56 Å². The van der Waals surface area contributed by atoms with Gasteiger partial charge in [0.1, 0.15) is 5.75 Å². The van der Waals surface area contributed by atoms with Crippen LogP contribution in [0.2, 0.25) is 0 Å². The van der Waals surface area contributed by atoms with Crippen LogP contribution in [0.4, 0.5) is 5.13 Å². The minimum atomic E-state index is 0.767. The fraction of sp³-hybridized carbons (Fsp3) is 0.308. The summed E-state index contributed by atoms with van der Waals surface area (Å²) < 4.78 is 6.46. The lowest BCUT2D eigenvalue weighted by Crippen LogP contribution is -1.96. The normalized spacial score (nSPS) is 10.4. The fourth-order valence-corrected chi connectivity index (χ4v) is 3.13. The van der Waals surface area contributed by atoms with Crippen LogP contribution >= 0.6 is 27.3 Å². The minimum absolute atomic E-state index is 0.767. The van der Waals surface area contributed by atoms with E-state index in [4.69, 9.17) is 4.74 Å². The maximum Gasteiger partial charge on any atom is 0.183 e. The van der Waals surface area contributed by atoms with Crippen LogP contribution in [0.15, 0.2) is 22.0 Å². The highest BCUT2D eigenvalue weighted by Crippen LogP contribution is 2.31. The van der Waals surface area contributed by atoms with E-state index in [0.717, 1.165) is 32.3 Å². The summed E-state index contributed by atoms with van der Waals surface area (Å²) >= 11 is 5.16. The number of anilines is 1. The van der Waals surface area contributed by atoms with Crippen LogP contribution in [-0.2, 0) is 6.42 Å². The zero-order chi connectivity index (χ0) is 13.1. The van der Waals surface area contributed by atoms with Gasteiger partial charge in [0.2, 0.25) is 0 Å². The van der Waals surface area contributed by atoms with Crippen molar-refractivity contribution in [3.05, 3.63) is 38.8 Å². The van der Waals surface area contributed by atoms with Crippen molar-refractivity contribution in [2.24, 2.45) is 0 Å². The van der Waals surface area contributed by atoms with E-state index in [9.17, 15) is 0 Å². The van der Waals surface area contributed by atoms with Gasteiger partial charge in [0.25, 0.3) is 0 Å². The van der Waals surface area contributed by atoms with E-state index in [1.807, 2.05) is 13.1 Å². The van der Waals surface area contributed by atoms with Crippen molar-refractivity contribution in [2.75, 3.05) is 19.5 Å². The van der Waals surface area contributed by atoms with E-state index in [1.54, 1.807) is 18.4 Å². The summed E-state index contributed by atoms with van der Waals surface area (Å²) in [4.78, 5) is 4.53. The number of rotatable bonds is 4. The highest BCUT2D eigenvalue weighted by molar-refractivity contribution is 9.11. The van der Waals surface area contributed by atoms with E-state index in [0.29, 0.717) is 0 Å². The Hall–Kier alpha value is -1.07. The third kappa shape index (κ3) is 2.84. The summed E-state index contributed by atoms with van der Waals surface area (Å²) in [6.07, 6.45) is 0.767. The summed E-state index contributed by atoms with van der Waals surface area (Å²) in [7, 11) is 3.57. The molecule has 1 aromatic carbocycles. The van der Waals surface area contributed by atoms with E-state index >= 15 is 0 Å². The molecule has 2 rings (SSSR count). The molecule has 18 heavy (non-hydrogen) atoms. The number of ether oxygens (including phenoxy) is 1. The van der Waals surface area contributed by atoms with Crippen molar-refractivity contribution in [1.82, 2.24) is 4.98 Å². The van der Waals surface area contributed by atoms with Gasteiger partial charge >= 0.3 is 0 Å². The number of hydrogen-bond donors (Lipinski definition) is 1. The average Bonchev–Trinajstić information content (AvgIpc) is 2.71. The Kier molecular flexibility index (Phi) is 4.24. The molecule has 0 radical (unpaired) electrons. The van der Waals surface area contributed by atoms with Gasteiger partial charge in [0.05, 0.1) is 16.6 Å². The molecule has 96 valence electrons. The van der Waals surface area contributed by atoms with E-state index < -0.39 is 0 Å². The van der Waals surface area contributed by atoms with Crippen LogP contribution in [0.3, 0.4) is 0 Å². The lowest BCUT2D eigenvalue weighted by Gasteiger charge is -2.08. The monoisotopic (exact) mass is 326 g/mol. The standard InChI is InChI=1S/C13H15BrN2OS/c1-8-4-5-11(17-3)9(6-8)7-10-12(14)18-13(15-2)16-10/h4-6H,7H2,1-3H3,(H,15,16). The first-order valence-electron chi connectivity index (χ1n) is 5.60. The van der Waals surface area contributed by atoms with Gasteiger partial charge in [-0.25, -0.2) is 4.98 Å². The van der Waals surface area contributed by atoms with Gasteiger partial charge in [-0.2, -0.15) is 0 Å². The molecule has 0 aliphatic carbocycles. The van der Waals surface area contributed by atoms with Crippen LogP contribution in [0, 0.1) is 6.92 Å². The Morgan fingerprint density at radius 3 is 2.83 bits per heavy atom.